The van der Waals surface area contributed by atoms with Gasteiger partial charge < -0.3 is 4.90 Å². The molecule has 2 heterocycles. The van der Waals surface area contributed by atoms with Crippen LogP contribution in [0.4, 0.5) is 0 Å². The smallest absolute Gasteiger partial charge is 0.253 e. The fourth-order valence-electron chi connectivity index (χ4n) is 2.98. The highest BCUT2D eigenvalue weighted by atomic mass is 16.2. The minimum atomic E-state index is 0.0131. The zero-order valence-electron chi connectivity index (χ0n) is 13.2. The summed E-state index contributed by atoms with van der Waals surface area (Å²) in [4.78, 5) is 30.7. The second-order valence-electron chi connectivity index (χ2n) is 6.03. The molecule has 1 aliphatic heterocycles. The van der Waals surface area contributed by atoms with E-state index in [9.17, 15) is 9.59 Å². The number of hydrogen-bond acceptors (Lipinski definition) is 3. The molecule has 23 heavy (non-hydrogen) atoms. The standard InChI is InChI=1S/C19H20N2O2/c1-14-2-4-15(5-3-14)18(22)16-8-12-21(13-9-16)19(23)17-6-10-20-11-7-17/h2-7,10-11,16H,8-9,12-13H2,1H3. The molecule has 0 bridgehead atoms. The Labute approximate surface area is 136 Å². The van der Waals surface area contributed by atoms with Gasteiger partial charge in [-0.3, -0.25) is 14.6 Å². The Kier molecular flexibility index (Phi) is 4.51. The predicted octanol–water partition coefficient (Wildman–Crippen LogP) is 3.13. The molecule has 118 valence electrons. The van der Waals surface area contributed by atoms with Gasteiger partial charge in [0.05, 0.1) is 0 Å². The van der Waals surface area contributed by atoms with Crippen molar-refractivity contribution in [2.75, 3.05) is 13.1 Å². The van der Waals surface area contributed by atoms with Crippen molar-refractivity contribution in [1.29, 1.82) is 0 Å². The lowest BCUT2D eigenvalue weighted by Crippen LogP contribution is -2.40. The number of ketones is 1. The van der Waals surface area contributed by atoms with Crippen molar-refractivity contribution in [2.45, 2.75) is 19.8 Å². The topological polar surface area (TPSA) is 50.3 Å². The molecule has 4 heteroatoms. The number of aryl methyl sites for hydroxylation is 1. The number of hydrogen-bond donors (Lipinski definition) is 0. The van der Waals surface area contributed by atoms with E-state index in [0.717, 1.165) is 24.0 Å². The predicted molar refractivity (Wildman–Crippen MR) is 88.4 cm³/mol. The van der Waals surface area contributed by atoms with Gasteiger partial charge in [-0.15, -0.1) is 0 Å². The summed E-state index contributed by atoms with van der Waals surface area (Å²) in [5.41, 5.74) is 2.58. The van der Waals surface area contributed by atoms with E-state index in [-0.39, 0.29) is 17.6 Å². The van der Waals surface area contributed by atoms with Crippen LogP contribution in [0.25, 0.3) is 0 Å². The van der Waals surface area contributed by atoms with E-state index in [2.05, 4.69) is 4.98 Å². The monoisotopic (exact) mass is 308 g/mol. The van der Waals surface area contributed by atoms with E-state index in [1.807, 2.05) is 36.1 Å². The minimum Gasteiger partial charge on any atom is -0.339 e. The summed E-state index contributed by atoms with van der Waals surface area (Å²) in [7, 11) is 0. The van der Waals surface area contributed by atoms with Gasteiger partial charge in [-0.05, 0) is 31.9 Å². The molecule has 3 rings (SSSR count). The first-order valence-corrected chi connectivity index (χ1v) is 7.95. The number of amides is 1. The summed E-state index contributed by atoms with van der Waals surface area (Å²) in [6.45, 7) is 3.27. The summed E-state index contributed by atoms with van der Waals surface area (Å²) >= 11 is 0. The Hall–Kier alpha value is -2.49. The number of piperidine rings is 1. The van der Waals surface area contributed by atoms with Crippen molar-refractivity contribution in [3.8, 4) is 0 Å². The lowest BCUT2D eigenvalue weighted by Gasteiger charge is -2.31. The Morgan fingerprint density at radius 3 is 2.17 bits per heavy atom. The lowest BCUT2D eigenvalue weighted by atomic mass is 9.88. The van der Waals surface area contributed by atoms with Crippen LogP contribution in [0.1, 0.15) is 39.1 Å². The Balaban J connectivity index is 1.61. The molecule has 0 saturated carbocycles. The molecule has 1 aromatic carbocycles. The summed E-state index contributed by atoms with van der Waals surface area (Å²) in [5.74, 6) is 0.230. The van der Waals surface area contributed by atoms with Crippen molar-refractivity contribution in [2.24, 2.45) is 5.92 Å². The summed E-state index contributed by atoms with van der Waals surface area (Å²) in [5, 5.41) is 0. The molecule has 2 aromatic rings. The minimum absolute atomic E-state index is 0.0131. The Morgan fingerprint density at radius 1 is 0.957 bits per heavy atom. The third-order valence-corrected chi connectivity index (χ3v) is 4.42. The lowest BCUT2D eigenvalue weighted by molar-refractivity contribution is 0.0650. The van der Waals surface area contributed by atoms with E-state index in [1.54, 1.807) is 24.5 Å². The quantitative estimate of drug-likeness (QED) is 0.819. The van der Waals surface area contributed by atoms with Crippen LogP contribution in [-0.2, 0) is 0 Å². The van der Waals surface area contributed by atoms with Crippen molar-refractivity contribution < 1.29 is 9.59 Å². The zero-order chi connectivity index (χ0) is 16.2. The van der Waals surface area contributed by atoms with Crippen molar-refractivity contribution in [3.63, 3.8) is 0 Å². The summed E-state index contributed by atoms with van der Waals surface area (Å²) in [6, 6.07) is 11.2. The second kappa shape index (κ2) is 6.73. The maximum Gasteiger partial charge on any atom is 0.253 e. The maximum absolute atomic E-state index is 12.5. The van der Waals surface area contributed by atoms with Crippen molar-refractivity contribution in [3.05, 3.63) is 65.5 Å². The third kappa shape index (κ3) is 3.47. The van der Waals surface area contributed by atoms with E-state index in [0.29, 0.717) is 18.7 Å². The molecule has 0 aliphatic carbocycles. The molecule has 1 aliphatic rings. The Bertz CT molecular complexity index is 687. The normalized spacial score (nSPS) is 15.4. The highest BCUT2D eigenvalue weighted by molar-refractivity contribution is 5.98. The number of likely N-dealkylation sites (tertiary alicyclic amines) is 1. The second-order valence-corrected chi connectivity index (χ2v) is 6.03. The van der Waals surface area contributed by atoms with Crippen LogP contribution >= 0.6 is 0 Å². The van der Waals surface area contributed by atoms with Gasteiger partial charge in [0.2, 0.25) is 0 Å². The first-order valence-electron chi connectivity index (χ1n) is 7.95. The van der Waals surface area contributed by atoms with E-state index in [4.69, 9.17) is 0 Å². The molecule has 0 unspecified atom stereocenters. The van der Waals surface area contributed by atoms with Crippen LogP contribution in [0, 0.1) is 12.8 Å². The van der Waals surface area contributed by atoms with Gasteiger partial charge in [0.25, 0.3) is 5.91 Å². The number of rotatable bonds is 3. The van der Waals surface area contributed by atoms with Crippen molar-refractivity contribution >= 4 is 11.7 Å². The van der Waals surface area contributed by atoms with Crippen molar-refractivity contribution in [1.82, 2.24) is 9.88 Å². The van der Waals surface area contributed by atoms with Gasteiger partial charge in [-0.2, -0.15) is 0 Å². The Morgan fingerprint density at radius 2 is 1.57 bits per heavy atom. The van der Waals surface area contributed by atoms with E-state index < -0.39 is 0 Å². The molecule has 0 spiro atoms. The molecular weight excluding hydrogens is 288 g/mol. The molecule has 1 amide bonds. The zero-order valence-corrected chi connectivity index (χ0v) is 13.2. The number of aromatic nitrogens is 1. The highest BCUT2D eigenvalue weighted by Crippen LogP contribution is 2.23. The van der Waals surface area contributed by atoms with Gasteiger partial charge in [0.1, 0.15) is 0 Å². The number of nitrogens with zero attached hydrogens (tertiary/aromatic N) is 2. The van der Waals surface area contributed by atoms with Crippen LogP contribution < -0.4 is 0 Å². The van der Waals surface area contributed by atoms with E-state index >= 15 is 0 Å². The average molecular weight is 308 g/mol. The SMILES string of the molecule is Cc1ccc(C(=O)C2CCN(C(=O)c3ccncc3)CC2)cc1. The van der Waals surface area contributed by atoms with Gasteiger partial charge in [0, 0.05) is 42.5 Å². The first-order chi connectivity index (χ1) is 11.1. The van der Waals surface area contributed by atoms with Gasteiger partial charge in [0.15, 0.2) is 5.78 Å². The number of carbonyl (C=O) groups excluding carboxylic acids is 2. The van der Waals surface area contributed by atoms with Crippen LogP contribution in [0.2, 0.25) is 0 Å². The first kappa shape index (κ1) is 15.4. The third-order valence-electron chi connectivity index (χ3n) is 4.42. The van der Waals surface area contributed by atoms with Crippen LogP contribution in [0.3, 0.4) is 0 Å². The molecule has 1 fully saturated rings. The molecular formula is C19H20N2O2. The highest BCUT2D eigenvalue weighted by Gasteiger charge is 2.28. The van der Waals surface area contributed by atoms with Crippen LogP contribution in [0.15, 0.2) is 48.8 Å². The molecule has 0 atom stereocenters. The fraction of sp³-hybridized carbons (Fsp3) is 0.316. The number of carbonyl (C=O) groups is 2. The average Bonchev–Trinajstić information content (AvgIpc) is 2.62. The summed E-state index contributed by atoms with van der Waals surface area (Å²) < 4.78 is 0. The number of benzene rings is 1. The van der Waals surface area contributed by atoms with Crippen LogP contribution in [0.5, 0.6) is 0 Å². The molecule has 4 nitrogen and oxygen atoms in total. The fourth-order valence-corrected chi connectivity index (χ4v) is 2.98. The molecule has 0 radical (unpaired) electrons. The largest absolute Gasteiger partial charge is 0.339 e. The van der Waals surface area contributed by atoms with Gasteiger partial charge in [-0.25, -0.2) is 0 Å². The summed E-state index contributed by atoms with van der Waals surface area (Å²) in [6.07, 6.45) is 4.70. The number of pyridine rings is 1. The molecule has 1 saturated heterocycles. The molecule has 1 aromatic heterocycles. The van der Waals surface area contributed by atoms with E-state index in [1.165, 1.54) is 0 Å². The van der Waals surface area contributed by atoms with Crippen LogP contribution in [-0.4, -0.2) is 34.7 Å². The van der Waals surface area contributed by atoms with Gasteiger partial charge >= 0.3 is 0 Å². The maximum atomic E-state index is 12.5. The molecule has 0 N–H and O–H groups in total. The van der Waals surface area contributed by atoms with Gasteiger partial charge in [-0.1, -0.05) is 29.8 Å². The number of Topliss-reactive ketones (excluding diaryl/α,β-unsaturated/α-hetero) is 1.